The lowest BCUT2D eigenvalue weighted by Gasteiger charge is -2.24. The third kappa shape index (κ3) is 1.49. The van der Waals surface area contributed by atoms with Crippen LogP contribution >= 0.6 is 0 Å². The molecule has 2 nitrogen and oxygen atoms in total. The molecule has 0 aromatic heterocycles. The molecule has 0 fully saturated rings. The molecule has 1 unspecified atom stereocenters. The van der Waals surface area contributed by atoms with Gasteiger partial charge in [0.05, 0.1) is 6.04 Å². The Hall–Kier alpha value is -1.41. The van der Waals surface area contributed by atoms with E-state index in [1.165, 1.54) is 11.6 Å². The molecule has 72 valence electrons. The molecule has 1 aromatic carbocycles. The molecule has 1 atom stereocenters. The van der Waals surface area contributed by atoms with Crippen molar-refractivity contribution < 1.29 is 4.79 Å². The van der Waals surface area contributed by atoms with Gasteiger partial charge in [0.2, 0.25) is 0 Å². The largest absolute Gasteiger partial charge is 0.303 e. The molecule has 0 saturated heterocycles. The Bertz CT molecular complexity index is 370. The van der Waals surface area contributed by atoms with E-state index >= 15 is 0 Å². The third-order valence-electron chi connectivity index (χ3n) is 2.59. The maximum absolute atomic E-state index is 11.5. The first kappa shape index (κ1) is 9.16. The highest BCUT2D eigenvalue weighted by atomic mass is 16.1. The number of hydrogen-bond donors (Lipinski definition) is 1. The number of nitrogens with one attached hydrogen (secondary N) is 1. The molecule has 1 N–H and O–H groups in total. The summed E-state index contributed by atoms with van der Waals surface area (Å²) < 4.78 is 0. The zero-order valence-corrected chi connectivity index (χ0v) is 7.99. The van der Waals surface area contributed by atoms with Gasteiger partial charge in [-0.15, -0.1) is 0 Å². The van der Waals surface area contributed by atoms with Crippen LogP contribution in [0.15, 0.2) is 36.9 Å². The van der Waals surface area contributed by atoms with E-state index in [1.54, 1.807) is 0 Å². The first-order chi connectivity index (χ1) is 6.83. The van der Waals surface area contributed by atoms with Crippen LogP contribution in [0.5, 0.6) is 0 Å². The molecule has 0 radical (unpaired) electrons. The fourth-order valence-electron chi connectivity index (χ4n) is 1.88. The molecule has 0 amide bonds. The smallest absolute Gasteiger partial charge is 0.176 e. The lowest BCUT2D eigenvalue weighted by Crippen LogP contribution is -2.34. The second kappa shape index (κ2) is 3.76. The van der Waals surface area contributed by atoms with Gasteiger partial charge in [-0.3, -0.25) is 4.79 Å². The van der Waals surface area contributed by atoms with E-state index in [9.17, 15) is 4.79 Å². The lowest BCUT2D eigenvalue weighted by atomic mass is 9.92. The highest BCUT2D eigenvalue weighted by Gasteiger charge is 2.23. The van der Waals surface area contributed by atoms with Gasteiger partial charge in [0.25, 0.3) is 0 Å². The lowest BCUT2D eigenvalue weighted by molar-refractivity contribution is -0.116. The van der Waals surface area contributed by atoms with Crippen molar-refractivity contribution in [2.24, 2.45) is 0 Å². The number of hydrogen-bond acceptors (Lipinski definition) is 2. The maximum Gasteiger partial charge on any atom is 0.176 e. The van der Waals surface area contributed by atoms with Gasteiger partial charge in [-0.25, -0.2) is 0 Å². The quantitative estimate of drug-likeness (QED) is 0.713. The van der Waals surface area contributed by atoms with Gasteiger partial charge >= 0.3 is 0 Å². The molecule has 0 spiro atoms. The standard InChI is InChI=1S/C12H13NO/c1-2-11(14)12-10-6-4-3-5-9(10)7-8-13-12/h2-6,12-13H,1,7-8H2. The summed E-state index contributed by atoms with van der Waals surface area (Å²) in [6.45, 7) is 4.38. The molecule has 2 rings (SSSR count). The minimum Gasteiger partial charge on any atom is -0.303 e. The summed E-state index contributed by atoms with van der Waals surface area (Å²) in [5, 5.41) is 3.21. The number of carbonyl (C=O) groups is 1. The number of ketones is 1. The summed E-state index contributed by atoms with van der Waals surface area (Å²) in [6.07, 6.45) is 2.39. The molecule has 2 heteroatoms. The van der Waals surface area contributed by atoms with Crippen LogP contribution in [0.2, 0.25) is 0 Å². The molecule has 1 aliphatic rings. The average Bonchev–Trinajstić information content (AvgIpc) is 2.27. The molecule has 0 aliphatic carbocycles. The maximum atomic E-state index is 11.5. The van der Waals surface area contributed by atoms with Crippen molar-refractivity contribution in [3.05, 3.63) is 48.0 Å². The van der Waals surface area contributed by atoms with Gasteiger partial charge < -0.3 is 5.32 Å². The van der Waals surface area contributed by atoms with Crippen molar-refractivity contribution in [3.63, 3.8) is 0 Å². The first-order valence-electron chi connectivity index (χ1n) is 4.80. The highest BCUT2D eigenvalue weighted by molar-refractivity contribution is 5.95. The number of rotatable bonds is 2. The van der Waals surface area contributed by atoms with E-state index < -0.39 is 0 Å². The molecule has 1 aliphatic heterocycles. The van der Waals surface area contributed by atoms with Crippen molar-refractivity contribution in [2.45, 2.75) is 12.5 Å². The van der Waals surface area contributed by atoms with E-state index in [2.05, 4.69) is 18.0 Å². The van der Waals surface area contributed by atoms with Crippen molar-refractivity contribution in [2.75, 3.05) is 6.54 Å². The minimum absolute atomic E-state index is 0.0529. The summed E-state index contributed by atoms with van der Waals surface area (Å²) in [5.74, 6) is 0.0529. The van der Waals surface area contributed by atoms with E-state index in [1.807, 2.05) is 18.2 Å². The van der Waals surface area contributed by atoms with Crippen LogP contribution in [0.25, 0.3) is 0 Å². The van der Waals surface area contributed by atoms with Crippen molar-refractivity contribution in [1.82, 2.24) is 5.32 Å². The summed E-state index contributed by atoms with van der Waals surface area (Å²) in [4.78, 5) is 11.5. The molecular formula is C12H13NO. The zero-order chi connectivity index (χ0) is 9.97. The summed E-state index contributed by atoms with van der Waals surface area (Å²) in [7, 11) is 0. The predicted octanol–water partition coefficient (Wildman–Crippen LogP) is 1.63. The van der Waals surface area contributed by atoms with E-state index in [0.29, 0.717) is 0 Å². The van der Waals surface area contributed by atoms with Gasteiger partial charge in [-0.2, -0.15) is 0 Å². The summed E-state index contributed by atoms with van der Waals surface area (Å²) in [5.41, 5.74) is 2.37. The Morgan fingerprint density at radius 3 is 3.07 bits per heavy atom. The summed E-state index contributed by atoms with van der Waals surface area (Å²) in [6, 6.07) is 7.89. The normalized spacial score (nSPS) is 19.9. The average molecular weight is 187 g/mol. The van der Waals surface area contributed by atoms with Crippen LogP contribution in [0.1, 0.15) is 17.2 Å². The number of benzene rings is 1. The molecule has 14 heavy (non-hydrogen) atoms. The second-order valence-corrected chi connectivity index (χ2v) is 3.44. The van der Waals surface area contributed by atoms with E-state index in [-0.39, 0.29) is 11.8 Å². The van der Waals surface area contributed by atoms with Crippen molar-refractivity contribution in [1.29, 1.82) is 0 Å². The molecule has 1 aromatic rings. The van der Waals surface area contributed by atoms with Crippen molar-refractivity contribution >= 4 is 5.78 Å². The van der Waals surface area contributed by atoms with Gasteiger partial charge in [0.15, 0.2) is 5.78 Å². The Kier molecular flexibility index (Phi) is 2.46. The Labute approximate surface area is 83.6 Å². The van der Waals surface area contributed by atoms with Crippen molar-refractivity contribution in [3.8, 4) is 0 Å². The number of fused-ring (bicyclic) bond motifs is 1. The van der Waals surface area contributed by atoms with Gasteiger partial charge in [0, 0.05) is 6.54 Å². The zero-order valence-electron chi connectivity index (χ0n) is 7.99. The van der Waals surface area contributed by atoms with E-state index in [4.69, 9.17) is 0 Å². The molecule has 1 heterocycles. The van der Waals surface area contributed by atoms with Crippen LogP contribution in [0.4, 0.5) is 0 Å². The van der Waals surface area contributed by atoms with Crippen LogP contribution < -0.4 is 5.32 Å². The van der Waals surface area contributed by atoms with Crippen LogP contribution in [0, 0.1) is 0 Å². The predicted molar refractivity (Wildman–Crippen MR) is 56.1 cm³/mol. The third-order valence-corrected chi connectivity index (χ3v) is 2.59. The van der Waals surface area contributed by atoms with Gasteiger partial charge in [-0.1, -0.05) is 30.8 Å². The molecule has 0 bridgehead atoms. The molecular weight excluding hydrogens is 174 g/mol. The molecule has 0 saturated carbocycles. The number of carbonyl (C=O) groups excluding carboxylic acids is 1. The fraction of sp³-hybridized carbons (Fsp3) is 0.250. The topological polar surface area (TPSA) is 29.1 Å². The minimum atomic E-state index is -0.183. The Morgan fingerprint density at radius 2 is 2.29 bits per heavy atom. The SMILES string of the molecule is C=CC(=O)C1NCCc2ccccc21. The van der Waals surface area contributed by atoms with E-state index in [0.717, 1.165) is 18.5 Å². The van der Waals surface area contributed by atoms with Gasteiger partial charge in [0.1, 0.15) is 0 Å². The second-order valence-electron chi connectivity index (χ2n) is 3.44. The van der Waals surface area contributed by atoms with Gasteiger partial charge in [-0.05, 0) is 23.6 Å². The Balaban J connectivity index is 2.40. The first-order valence-corrected chi connectivity index (χ1v) is 4.80. The summed E-state index contributed by atoms with van der Waals surface area (Å²) >= 11 is 0. The van der Waals surface area contributed by atoms with Crippen LogP contribution in [-0.2, 0) is 11.2 Å². The van der Waals surface area contributed by atoms with Crippen LogP contribution in [-0.4, -0.2) is 12.3 Å². The van der Waals surface area contributed by atoms with Crippen LogP contribution in [0.3, 0.4) is 0 Å². The fourth-order valence-corrected chi connectivity index (χ4v) is 1.88. The monoisotopic (exact) mass is 187 g/mol. The highest BCUT2D eigenvalue weighted by Crippen LogP contribution is 2.23. The Morgan fingerprint density at radius 1 is 1.50 bits per heavy atom.